The molecule has 0 saturated heterocycles. The van der Waals surface area contributed by atoms with Gasteiger partial charge in [0.25, 0.3) is 5.69 Å². The number of amides is 1. The van der Waals surface area contributed by atoms with E-state index in [0.29, 0.717) is 24.6 Å². The van der Waals surface area contributed by atoms with Crippen LogP contribution in [0.1, 0.15) is 28.6 Å². The number of carbonyl (C=O) groups excluding carboxylic acids is 1. The fourth-order valence-corrected chi connectivity index (χ4v) is 3.94. The number of imidazole rings is 1. The molecule has 190 valence electrons. The van der Waals surface area contributed by atoms with Crippen LogP contribution in [0.5, 0.6) is 0 Å². The third-order valence-electron chi connectivity index (χ3n) is 5.97. The first-order chi connectivity index (χ1) is 18.0. The lowest BCUT2D eigenvalue weighted by molar-refractivity contribution is -0.384. The Labute approximate surface area is 215 Å². The van der Waals surface area contributed by atoms with Crippen LogP contribution < -0.4 is 10.6 Å². The minimum absolute atomic E-state index is 0.0399. The number of hydrogen-bond donors (Lipinski definition) is 3. The Kier molecular flexibility index (Phi) is 8.75. The Hall–Kier alpha value is -4.34. The molecule has 1 aromatic heterocycles. The van der Waals surface area contributed by atoms with Crippen molar-refractivity contribution in [2.24, 2.45) is 0 Å². The van der Waals surface area contributed by atoms with Crippen LogP contribution in [0, 0.1) is 10.1 Å². The largest absolute Gasteiger partial charge is 0.387 e. The van der Waals surface area contributed by atoms with Gasteiger partial charge in [0.1, 0.15) is 5.82 Å². The summed E-state index contributed by atoms with van der Waals surface area (Å²) in [4.78, 5) is 27.3. The average molecular weight is 500 g/mol. The van der Waals surface area contributed by atoms with E-state index in [1.807, 2.05) is 59.2 Å². The quantitative estimate of drug-likeness (QED) is 0.154. The van der Waals surface area contributed by atoms with Crippen molar-refractivity contribution in [1.29, 1.82) is 0 Å². The Balaban J connectivity index is 1.22. The number of aliphatic hydroxyl groups is 1. The molecule has 0 aliphatic heterocycles. The van der Waals surface area contributed by atoms with Crippen molar-refractivity contribution in [3.05, 3.63) is 124 Å². The molecule has 1 unspecified atom stereocenters. The number of rotatable bonds is 12. The first kappa shape index (κ1) is 25.7. The number of hydrogen-bond acceptors (Lipinski definition) is 6. The Morgan fingerprint density at radius 3 is 2.41 bits per heavy atom. The van der Waals surface area contributed by atoms with Crippen molar-refractivity contribution in [2.45, 2.75) is 25.5 Å². The highest BCUT2D eigenvalue weighted by atomic mass is 16.6. The molecule has 0 fully saturated rings. The highest BCUT2D eigenvalue weighted by Crippen LogP contribution is 2.15. The second-order valence-electron chi connectivity index (χ2n) is 8.70. The first-order valence-electron chi connectivity index (χ1n) is 12.0. The molecule has 4 rings (SSSR count). The predicted molar refractivity (Wildman–Crippen MR) is 141 cm³/mol. The third kappa shape index (κ3) is 7.57. The van der Waals surface area contributed by atoms with Crippen molar-refractivity contribution >= 4 is 17.3 Å². The normalized spacial score (nSPS) is 11.7. The molecule has 9 heteroatoms. The van der Waals surface area contributed by atoms with E-state index in [2.05, 4.69) is 15.6 Å². The van der Waals surface area contributed by atoms with Crippen LogP contribution in [-0.4, -0.2) is 38.6 Å². The van der Waals surface area contributed by atoms with Gasteiger partial charge in [0.2, 0.25) is 5.91 Å². The number of benzene rings is 3. The zero-order valence-electron chi connectivity index (χ0n) is 20.3. The summed E-state index contributed by atoms with van der Waals surface area (Å²) in [6.07, 6.45) is 3.79. The SMILES string of the molecule is O=C(Cc1nccn1Cc1ccc([N+](=O)[O-])cc1)Nc1ccc(CCNCC(O)c2ccccc2)cc1. The summed E-state index contributed by atoms with van der Waals surface area (Å²) in [7, 11) is 0. The van der Waals surface area contributed by atoms with E-state index < -0.39 is 11.0 Å². The van der Waals surface area contributed by atoms with Gasteiger partial charge in [-0.15, -0.1) is 0 Å². The molecule has 1 amide bonds. The Bertz CT molecular complexity index is 1300. The number of carbonyl (C=O) groups is 1. The minimum Gasteiger partial charge on any atom is -0.387 e. The molecule has 0 bridgehead atoms. The highest BCUT2D eigenvalue weighted by Gasteiger charge is 2.11. The summed E-state index contributed by atoms with van der Waals surface area (Å²) in [6.45, 7) is 1.68. The molecule has 0 spiro atoms. The van der Waals surface area contributed by atoms with Crippen molar-refractivity contribution in [3.63, 3.8) is 0 Å². The molecule has 0 aliphatic carbocycles. The van der Waals surface area contributed by atoms with E-state index in [0.717, 1.165) is 29.7 Å². The first-order valence-corrected chi connectivity index (χ1v) is 12.0. The number of nitro groups is 1. The van der Waals surface area contributed by atoms with Crippen LogP contribution in [0.25, 0.3) is 0 Å². The fourth-order valence-electron chi connectivity index (χ4n) is 3.94. The topological polar surface area (TPSA) is 122 Å². The molecule has 3 aromatic carbocycles. The summed E-state index contributed by atoms with van der Waals surface area (Å²) in [6, 6.07) is 23.6. The smallest absolute Gasteiger partial charge is 0.269 e. The van der Waals surface area contributed by atoms with Crippen molar-refractivity contribution < 1.29 is 14.8 Å². The molecule has 0 radical (unpaired) electrons. The van der Waals surface area contributed by atoms with Crippen LogP contribution in [-0.2, 0) is 24.2 Å². The summed E-state index contributed by atoms with van der Waals surface area (Å²) < 4.78 is 1.85. The van der Waals surface area contributed by atoms with Gasteiger partial charge >= 0.3 is 0 Å². The predicted octanol–water partition coefficient (Wildman–Crippen LogP) is 3.89. The summed E-state index contributed by atoms with van der Waals surface area (Å²) in [5, 5.41) is 27.2. The van der Waals surface area contributed by atoms with Crippen molar-refractivity contribution in [3.8, 4) is 0 Å². The number of non-ortho nitro benzene ring substituents is 1. The molecule has 1 heterocycles. The van der Waals surface area contributed by atoms with Gasteiger partial charge in [0, 0.05) is 43.3 Å². The van der Waals surface area contributed by atoms with E-state index in [9.17, 15) is 20.0 Å². The standard InChI is InChI=1S/C28H29N5O4/c34-26(23-4-2-1-3-5-23)19-29-15-14-21-6-10-24(11-7-21)31-28(35)18-27-30-16-17-32(27)20-22-8-12-25(13-9-22)33(36)37/h1-13,16-17,26,29,34H,14-15,18-20H2,(H,31,35). The lowest BCUT2D eigenvalue weighted by atomic mass is 10.1. The van der Waals surface area contributed by atoms with E-state index in [4.69, 9.17) is 0 Å². The Morgan fingerprint density at radius 1 is 1.00 bits per heavy atom. The summed E-state index contributed by atoms with van der Waals surface area (Å²) >= 11 is 0. The Morgan fingerprint density at radius 2 is 1.70 bits per heavy atom. The molecule has 1 atom stereocenters. The average Bonchev–Trinajstić information content (AvgIpc) is 3.34. The zero-order chi connectivity index (χ0) is 26.0. The van der Waals surface area contributed by atoms with Gasteiger partial charge in [-0.25, -0.2) is 4.98 Å². The summed E-state index contributed by atoms with van der Waals surface area (Å²) in [5.74, 6) is 0.428. The number of anilines is 1. The molecule has 0 aliphatic rings. The molecule has 0 saturated carbocycles. The van der Waals surface area contributed by atoms with Gasteiger partial charge in [0.05, 0.1) is 17.4 Å². The van der Waals surface area contributed by atoms with E-state index >= 15 is 0 Å². The van der Waals surface area contributed by atoms with Crippen LogP contribution >= 0.6 is 0 Å². The molecule has 4 aromatic rings. The zero-order valence-corrected chi connectivity index (χ0v) is 20.3. The minimum atomic E-state index is -0.538. The van der Waals surface area contributed by atoms with Gasteiger partial charge in [0.15, 0.2) is 0 Å². The lowest BCUT2D eigenvalue weighted by Crippen LogP contribution is -2.23. The molecular formula is C28H29N5O4. The van der Waals surface area contributed by atoms with Crippen LogP contribution in [0.15, 0.2) is 91.3 Å². The molecule has 9 nitrogen and oxygen atoms in total. The van der Waals surface area contributed by atoms with Crippen LogP contribution in [0.2, 0.25) is 0 Å². The number of nitro benzene ring substituents is 1. The van der Waals surface area contributed by atoms with Gasteiger partial charge in [-0.2, -0.15) is 0 Å². The second-order valence-corrected chi connectivity index (χ2v) is 8.70. The maximum absolute atomic E-state index is 12.6. The number of aliphatic hydroxyl groups excluding tert-OH is 1. The van der Waals surface area contributed by atoms with E-state index in [-0.39, 0.29) is 18.0 Å². The number of aromatic nitrogens is 2. The molecule has 3 N–H and O–H groups in total. The molecule has 37 heavy (non-hydrogen) atoms. The van der Waals surface area contributed by atoms with Crippen molar-refractivity contribution in [2.75, 3.05) is 18.4 Å². The number of nitrogens with zero attached hydrogens (tertiary/aromatic N) is 3. The maximum Gasteiger partial charge on any atom is 0.269 e. The second kappa shape index (κ2) is 12.6. The lowest BCUT2D eigenvalue weighted by Gasteiger charge is -2.12. The van der Waals surface area contributed by atoms with E-state index in [1.54, 1.807) is 24.5 Å². The number of nitrogens with one attached hydrogen (secondary N) is 2. The monoisotopic (exact) mass is 499 g/mol. The van der Waals surface area contributed by atoms with Crippen LogP contribution in [0.3, 0.4) is 0 Å². The van der Waals surface area contributed by atoms with Crippen LogP contribution in [0.4, 0.5) is 11.4 Å². The highest BCUT2D eigenvalue weighted by molar-refractivity contribution is 5.91. The van der Waals surface area contributed by atoms with Gasteiger partial charge in [-0.1, -0.05) is 54.6 Å². The van der Waals surface area contributed by atoms with Gasteiger partial charge in [-0.05, 0) is 41.8 Å². The third-order valence-corrected chi connectivity index (χ3v) is 5.97. The molecular weight excluding hydrogens is 470 g/mol. The van der Waals surface area contributed by atoms with E-state index in [1.165, 1.54) is 12.1 Å². The van der Waals surface area contributed by atoms with Gasteiger partial charge in [-0.3, -0.25) is 14.9 Å². The van der Waals surface area contributed by atoms with Crippen molar-refractivity contribution in [1.82, 2.24) is 14.9 Å². The fraction of sp³-hybridized carbons (Fsp3) is 0.214. The maximum atomic E-state index is 12.6. The van der Waals surface area contributed by atoms with Gasteiger partial charge < -0.3 is 20.3 Å². The summed E-state index contributed by atoms with van der Waals surface area (Å²) in [5.41, 5.74) is 3.64.